The van der Waals surface area contributed by atoms with E-state index in [-0.39, 0.29) is 6.61 Å². The van der Waals surface area contributed by atoms with E-state index < -0.39 is 0 Å². The summed E-state index contributed by atoms with van der Waals surface area (Å²) >= 11 is 6.15. The van der Waals surface area contributed by atoms with Crippen LogP contribution in [0.25, 0.3) is 0 Å². The van der Waals surface area contributed by atoms with Crippen LogP contribution in [-0.4, -0.2) is 17.7 Å². The van der Waals surface area contributed by atoms with E-state index in [2.05, 4.69) is 17.9 Å². The van der Waals surface area contributed by atoms with E-state index in [0.717, 1.165) is 17.8 Å². The lowest BCUT2D eigenvalue weighted by atomic mass is 10.1. The lowest BCUT2D eigenvalue weighted by Gasteiger charge is -2.31. The van der Waals surface area contributed by atoms with Crippen molar-refractivity contribution < 1.29 is 5.11 Å². The average Bonchev–Trinajstić information content (AvgIpc) is 2.53. The van der Waals surface area contributed by atoms with Crippen LogP contribution in [0.1, 0.15) is 38.2 Å². The second-order valence-corrected chi connectivity index (χ2v) is 5.19. The first kappa shape index (κ1) is 12.7. The molecular weight excluding hydrogens is 234 g/mol. The zero-order chi connectivity index (χ0) is 12.3. The summed E-state index contributed by atoms with van der Waals surface area (Å²) in [6.07, 6.45) is 5.04. The Hall–Kier alpha value is -0.730. The van der Waals surface area contributed by atoms with Crippen molar-refractivity contribution in [2.75, 3.05) is 11.4 Å². The molecule has 2 nitrogen and oxygen atoms in total. The molecule has 0 radical (unpaired) electrons. The fourth-order valence-electron chi connectivity index (χ4n) is 2.61. The van der Waals surface area contributed by atoms with E-state index in [4.69, 9.17) is 11.6 Å². The highest BCUT2D eigenvalue weighted by molar-refractivity contribution is 6.31. The summed E-state index contributed by atoms with van der Waals surface area (Å²) < 4.78 is 0. The summed E-state index contributed by atoms with van der Waals surface area (Å²) in [5.74, 6) is 0. The van der Waals surface area contributed by atoms with Gasteiger partial charge in [-0.25, -0.2) is 0 Å². The van der Waals surface area contributed by atoms with Crippen LogP contribution in [0.5, 0.6) is 0 Å². The number of benzene rings is 1. The van der Waals surface area contributed by atoms with Crippen molar-refractivity contribution in [2.24, 2.45) is 0 Å². The van der Waals surface area contributed by atoms with Gasteiger partial charge in [-0.15, -0.1) is 0 Å². The Bertz CT molecular complexity index is 380. The number of rotatable bonds is 2. The molecule has 0 aliphatic carbocycles. The highest BCUT2D eigenvalue weighted by Gasteiger charge is 2.20. The molecular formula is C14H20ClNO. The molecule has 1 aliphatic rings. The normalized spacial score (nSPS) is 21.4. The maximum atomic E-state index is 9.48. The van der Waals surface area contributed by atoms with Crippen molar-refractivity contribution in [3.63, 3.8) is 0 Å². The van der Waals surface area contributed by atoms with Crippen LogP contribution in [-0.2, 0) is 6.61 Å². The summed E-state index contributed by atoms with van der Waals surface area (Å²) in [6.45, 7) is 3.33. The van der Waals surface area contributed by atoms with Crippen molar-refractivity contribution >= 4 is 17.3 Å². The molecule has 1 aromatic rings. The number of halogens is 1. The molecule has 0 bridgehead atoms. The zero-order valence-electron chi connectivity index (χ0n) is 10.3. The molecule has 1 fully saturated rings. The zero-order valence-corrected chi connectivity index (χ0v) is 11.1. The van der Waals surface area contributed by atoms with E-state index in [1.54, 1.807) is 0 Å². The molecule has 1 aromatic carbocycles. The average molecular weight is 254 g/mol. The second-order valence-electron chi connectivity index (χ2n) is 4.79. The minimum absolute atomic E-state index is 0.0121. The molecule has 1 saturated heterocycles. The Labute approximate surface area is 108 Å². The van der Waals surface area contributed by atoms with Crippen LogP contribution >= 0.6 is 11.6 Å². The van der Waals surface area contributed by atoms with Gasteiger partial charge < -0.3 is 10.0 Å². The van der Waals surface area contributed by atoms with Crippen molar-refractivity contribution in [1.82, 2.24) is 0 Å². The quantitative estimate of drug-likeness (QED) is 0.871. The van der Waals surface area contributed by atoms with Gasteiger partial charge in [0.05, 0.1) is 6.61 Å². The molecule has 0 aromatic heterocycles. The number of aliphatic hydroxyl groups excluding tert-OH is 1. The van der Waals surface area contributed by atoms with Gasteiger partial charge in [0.15, 0.2) is 0 Å². The Morgan fingerprint density at radius 2 is 2.18 bits per heavy atom. The second kappa shape index (κ2) is 5.74. The van der Waals surface area contributed by atoms with Gasteiger partial charge in [-0.2, -0.15) is 0 Å². The van der Waals surface area contributed by atoms with Gasteiger partial charge in [0, 0.05) is 28.9 Å². The number of hydrogen-bond acceptors (Lipinski definition) is 2. The molecule has 1 unspecified atom stereocenters. The van der Waals surface area contributed by atoms with E-state index in [1.165, 1.54) is 25.7 Å². The van der Waals surface area contributed by atoms with Crippen molar-refractivity contribution in [3.8, 4) is 0 Å². The van der Waals surface area contributed by atoms with E-state index in [1.807, 2.05) is 12.1 Å². The van der Waals surface area contributed by atoms with Gasteiger partial charge in [0.2, 0.25) is 0 Å². The maximum absolute atomic E-state index is 9.48. The molecule has 0 saturated carbocycles. The smallest absolute Gasteiger partial charge is 0.0716 e. The van der Waals surface area contributed by atoms with Crippen LogP contribution in [0.2, 0.25) is 5.02 Å². The third kappa shape index (κ3) is 2.75. The Kier molecular flexibility index (Phi) is 4.30. The van der Waals surface area contributed by atoms with E-state index in [0.29, 0.717) is 11.1 Å². The van der Waals surface area contributed by atoms with Gasteiger partial charge in [-0.3, -0.25) is 0 Å². The van der Waals surface area contributed by atoms with Crippen LogP contribution < -0.4 is 4.90 Å². The molecule has 0 spiro atoms. The summed E-state index contributed by atoms with van der Waals surface area (Å²) in [4.78, 5) is 2.39. The highest BCUT2D eigenvalue weighted by atomic mass is 35.5. The van der Waals surface area contributed by atoms with Gasteiger partial charge in [-0.1, -0.05) is 30.5 Å². The van der Waals surface area contributed by atoms with Gasteiger partial charge in [-0.05, 0) is 31.9 Å². The van der Waals surface area contributed by atoms with Gasteiger partial charge >= 0.3 is 0 Å². The van der Waals surface area contributed by atoms with Gasteiger partial charge in [0.25, 0.3) is 0 Å². The first-order valence-electron chi connectivity index (χ1n) is 6.39. The van der Waals surface area contributed by atoms with Crippen LogP contribution in [0, 0.1) is 0 Å². The SMILES string of the molecule is CC1CCCCCN1c1cccc(Cl)c1CO. The first-order valence-corrected chi connectivity index (χ1v) is 6.76. The monoisotopic (exact) mass is 253 g/mol. The summed E-state index contributed by atoms with van der Waals surface area (Å²) in [5, 5.41) is 10.1. The molecule has 0 amide bonds. The molecule has 1 heterocycles. The van der Waals surface area contributed by atoms with Crippen molar-refractivity contribution in [3.05, 3.63) is 28.8 Å². The van der Waals surface area contributed by atoms with Crippen LogP contribution in [0.15, 0.2) is 18.2 Å². The third-order valence-corrected chi connectivity index (χ3v) is 3.97. The predicted octanol–water partition coefficient (Wildman–Crippen LogP) is 3.60. The lowest BCUT2D eigenvalue weighted by Crippen LogP contribution is -2.33. The van der Waals surface area contributed by atoms with Crippen molar-refractivity contribution in [2.45, 2.75) is 45.3 Å². The molecule has 1 aliphatic heterocycles. The Balaban J connectivity index is 2.34. The molecule has 94 valence electrons. The van der Waals surface area contributed by atoms with Crippen LogP contribution in [0.4, 0.5) is 5.69 Å². The third-order valence-electron chi connectivity index (χ3n) is 3.61. The first-order chi connectivity index (χ1) is 8.24. The Morgan fingerprint density at radius 1 is 1.35 bits per heavy atom. The van der Waals surface area contributed by atoms with E-state index in [9.17, 15) is 5.11 Å². The molecule has 2 rings (SSSR count). The molecule has 1 N–H and O–H groups in total. The topological polar surface area (TPSA) is 23.5 Å². The molecule has 1 atom stereocenters. The van der Waals surface area contributed by atoms with Gasteiger partial charge in [0.1, 0.15) is 0 Å². The number of nitrogens with zero attached hydrogens (tertiary/aromatic N) is 1. The van der Waals surface area contributed by atoms with E-state index >= 15 is 0 Å². The molecule has 17 heavy (non-hydrogen) atoms. The fraction of sp³-hybridized carbons (Fsp3) is 0.571. The standard InChI is InChI=1S/C14H20ClNO/c1-11-6-3-2-4-9-16(11)14-8-5-7-13(15)12(14)10-17/h5,7-8,11,17H,2-4,6,9-10H2,1H3. The summed E-state index contributed by atoms with van der Waals surface area (Å²) in [6, 6.07) is 6.41. The predicted molar refractivity (Wildman–Crippen MR) is 72.7 cm³/mol. The van der Waals surface area contributed by atoms with Crippen molar-refractivity contribution in [1.29, 1.82) is 0 Å². The number of aliphatic hydroxyl groups is 1. The summed E-state index contributed by atoms with van der Waals surface area (Å²) in [5.41, 5.74) is 1.97. The lowest BCUT2D eigenvalue weighted by molar-refractivity contribution is 0.282. The maximum Gasteiger partial charge on any atom is 0.0716 e. The summed E-state index contributed by atoms with van der Waals surface area (Å²) in [7, 11) is 0. The largest absolute Gasteiger partial charge is 0.392 e. The number of anilines is 1. The molecule has 3 heteroatoms. The minimum atomic E-state index is 0.0121. The van der Waals surface area contributed by atoms with Crippen LogP contribution in [0.3, 0.4) is 0 Å². The fourth-order valence-corrected chi connectivity index (χ4v) is 2.83. The number of hydrogen-bond donors (Lipinski definition) is 1. The highest BCUT2D eigenvalue weighted by Crippen LogP contribution is 2.31. The Morgan fingerprint density at radius 3 is 2.94 bits per heavy atom. The minimum Gasteiger partial charge on any atom is -0.392 e.